The smallest absolute Gasteiger partial charge is 0.317 e. The first-order chi connectivity index (χ1) is 13.5. The van der Waals surface area contributed by atoms with Gasteiger partial charge in [0.25, 0.3) is 5.91 Å². The fraction of sp³-hybridized carbons (Fsp3) is 0.278. The molecule has 29 heavy (non-hydrogen) atoms. The maximum absolute atomic E-state index is 13.9. The summed E-state index contributed by atoms with van der Waals surface area (Å²) < 4.78 is 55.1. The lowest BCUT2D eigenvalue weighted by atomic mass is 10.2. The highest BCUT2D eigenvalue weighted by atomic mass is 35.5. The number of anilines is 1. The SMILES string of the molecule is Cc1nn(Cc2ccccc2F)c(C)c1NC(=O)c1nn(C)c(C(F)(F)F)c1Cl. The third-order valence-electron chi connectivity index (χ3n) is 4.37. The minimum atomic E-state index is -4.76. The summed E-state index contributed by atoms with van der Waals surface area (Å²) in [7, 11) is 1.05. The monoisotopic (exact) mass is 429 g/mol. The first-order valence-corrected chi connectivity index (χ1v) is 8.77. The van der Waals surface area contributed by atoms with Crippen molar-refractivity contribution >= 4 is 23.2 Å². The Labute approximate surface area is 168 Å². The van der Waals surface area contributed by atoms with Crippen LogP contribution in [0, 0.1) is 19.7 Å². The molecule has 0 bridgehead atoms. The second-order valence-electron chi connectivity index (χ2n) is 6.38. The van der Waals surface area contributed by atoms with Crippen molar-refractivity contribution in [3.63, 3.8) is 0 Å². The van der Waals surface area contributed by atoms with E-state index in [0.717, 1.165) is 7.05 Å². The van der Waals surface area contributed by atoms with Gasteiger partial charge in [0.15, 0.2) is 11.4 Å². The normalized spacial score (nSPS) is 11.7. The average molecular weight is 430 g/mol. The lowest BCUT2D eigenvalue weighted by molar-refractivity contribution is -0.143. The lowest BCUT2D eigenvalue weighted by Gasteiger charge is -2.07. The predicted molar refractivity (Wildman–Crippen MR) is 98.4 cm³/mol. The number of alkyl halides is 3. The quantitative estimate of drug-likeness (QED) is 0.627. The predicted octanol–water partition coefficient (Wildman–Crippen LogP) is 4.35. The summed E-state index contributed by atoms with van der Waals surface area (Å²) in [5.41, 5.74) is -0.159. The summed E-state index contributed by atoms with van der Waals surface area (Å²) in [5.74, 6) is -1.30. The van der Waals surface area contributed by atoms with Gasteiger partial charge in [-0.25, -0.2) is 4.39 Å². The highest BCUT2D eigenvalue weighted by Crippen LogP contribution is 2.36. The van der Waals surface area contributed by atoms with E-state index in [1.807, 2.05) is 0 Å². The molecule has 1 amide bonds. The number of hydrogen-bond acceptors (Lipinski definition) is 3. The molecule has 154 valence electrons. The van der Waals surface area contributed by atoms with E-state index in [0.29, 0.717) is 27.3 Å². The molecule has 1 N–H and O–H groups in total. The number of carbonyl (C=O) groups excluding carboxylic acids is 1. The number of amides is 1. The first-order valence-electron chi connectivity index (χ1n) is 8.39. The van der Waals surface area contributed by atoms with Crippen LogP contribution in [0.1, 0.15) is 33.1 Å². The Bertz CT molecular complexity index is 1090. The van der Waals surface area contributed by atoms with E-state index < -0.39 is 34.3 Å². The van der Waals surface area contributed by atoms with E-state index in [1.165, 1.54) is 10.7 Å². The van der Waals surface area contributed by atoms with E-state index >= 15 is 0 Å². The summed E-state index contributed by atoms with van der Waals surface area (Å²) in [6.07, 6.45) is -4.76. The van der Waals surface area contributed by atoms with Crippen LogP contribution in [0.5, 0.6) is 0 Å². The molecule has 0 saturated heterocycles. The molecule has 0 atom stereocenters. The third kappa shape index (κ3) is 3.98. The molecule has 3 aromatic rings. The summed E-state index contributed by atoms with van der Waals surface area (Å²) in [6, 6.07) is 6.19. The molecule has 0 aliphatic heterocycles. The highest BCUT2D eigenvalue weighted by Gasteiger charge is 2.40. The van der Waals surface area contributed by atoms with Gasteiger partial charge < -0.3 is 5.32 Å². The van der Waals surface area contributed by atoms with Crippen LogP contribution in [0.4, 0.5) is 23.2 Å². The average Bonchev–Trinajstić information content (AvgIpc) is 3.07. The van der Waals surface area contributed by atoms with Crippen molar-refractivity contribution < 1.29 is 22.4 Å². The minimum absolute atomic E-state index is 0.123. The number of benzene rings is 1. The Morgan fingerprint density at radius 3 is 2.45 bits per heavy atom. The maximum Gasteiger partial charge on any atom is 0.434 e. The van der Waals surface area contributed by atoms with Gasteiger partial charge in [-0.15, -0.1) is 0 Å². The Kier molecular flexibility index (Phi) is 5.40. The molecule has 0 saturated carbocycles. The lowest BCUT2D eigenvalue weighted by Crippen LogP contribution is -2.15. The maximum atomic E-state index is 13.9. The standard InChI is InChI=1S/C18H16ClF4N5O/c1-9-14(10(2)28(25-9)8-11-6-4-5-7-12(11)20)24-17(29)15-13(19)16(18(21,22)23)27(3)26-15/h4-7H,8H2,1-3H3,(H,24,29). The molecular weight excluding hydrogens is 414 g/mol. The van der Waals surface area contributed by atoms with E-state index in [1.54, 1.807) is 32.0 Å². The van der Waals surface area contributed by atoms with E-state index in [4.69, 9.17) is 11.6 Å². The van der Waals surface area contributed by atoms with Gasteiger partial charge in [0, 0.05) is 12.6 Å². The number of carbonyl (C=O) groups is 1. The largest absolute Gasteiger partial charge is 0.434 e. The van der Waals surface area contributed by atoms with Crippen LogP contribution in [0.3, 0.4) is 0 Å². The van der Waals surface area contributed by atoms with Crippen molar-refractivity contribution in [3.05, 3.63) is 63.4 Å². The Hall–Kier alpha value is -2.88. The Morgan fingerprint density at radius 2 is 1.86 bits per heavy atom. The van der Waals surface area contributed by atoms with Gasteiger partial charge in [-0.2, -0.15) is 23.4 Å². The van der Waals surface area contributed by atoms with Gasteiger partial charge >= 0.3 is 6.18 Å². The molecule has 0 unspecified atom stereocenters. The van der Waals surface area contributed by atoms with Crippen molar-refractivity contribution in [3.8, 4) is 0 Å². The number of aromatic nitrogens is 4. The number of nitrogens with one attached hydrogen (secondary N) is 1. The summed E-state index contributed by atoms with van der Waals surface area (Å²) in [4.78, 5) is 12.5. The topological polar surface area (TPSA) is 64.7 Å². The number of halogens is 5. The van der Waals surface area contributed by atoms with E-state index in [2.05, 4.69) is 15.5 Å². The zero-order valence-corrected chi connectivity index (χ0v) is 16.4. The highest BCUT2D eigenvalue weighted by molar-refractivity contribution is 6.34. The molecule has 0 spiro atoms. The second kappa shape index (κ2) is 7.51. The fourth-order valence-electron chi connectivity index (χ4n) is 2.94. The minimum Gasteiger partial charge on any atom is -0.317 e. The van der Waals surface area contributed by atoms with E-state index in [-0.39, 0.29) is 6.54 Å². The zero-order valence-electron chi connectivity index (χ0n) is 15.6. The van der Waals surface area contributed by atoms with Crippen molar-refractivity contribution in [1.29, 1.82) is 0 Å². The third-order valence-corrected chi connectivity index (χ3v) is 4.73. The Balaban J connectivity index is 1.89. The number of nitrogens with zero attached hydrogens (tertiary/aromatic N) is 4. The molecule has 3 rings (SSSR count). The van der Waals surface area contributed by atoms with Crippen LogP contribution in [-0.4, -0.2) is 25.5 Å². The van der Waals surface area contributed by atoms with Gasteiger partial charge in [0.05, 0.1) is 23.6 Å². The Morgan fingerprint density at radius 1 is 1.21 bits per heavy atom. The van der Waals surface area contributed by atoms with Gasteiger partial charge in [-0.1, -0.05) is 29.8 Å². The van der Waals surface area contributed by atoms with Crippen molar-refractivity contribution in [2.45, 2.75) is 26.6 Å². The molecule has 0 radical (unpaired) electrons. The van der Waals surface area contributed by atoms with Crippen molar-refractivity contribution in [2.75, 3.05) is 5.32 Å². The van der Waals surface area contributed by atoms with E-state index in [9.17, 15) is 22.4 Å². The van der Waals surface area contributed by atoms with Crippen LogP contribution >= 0.6 is 11.6 Å². The molecule has 6 nitrogen and oxygen atoms in total. The van der Waals surface area contributed by atoms with Crippen LogP contribution in [0.2, 0.25) is 5.02 Å². The van der Waals surface area contributed by atoms with Gasteiger partial charge in [0.2, 0.25) is 0 Å². The zero-order chi connectivity index (χ0) is 21.5. The second-order valence-corrected chi connectivity index (χ2v) is 6.76. The molecule has 0 fully saturated rings. The van der Waals surface area contributed by atoms with Crippen molar-refractivity contribution in [2.24, 2.45) is 7.05 Å². The summed E-state index contributed by atoms with van der Waals surface area (Å²) >= 11 is 5.76. The summed E-state index contributed by atoms with van der Waals surface area (Å²) in [5, 5.41) is 9.59. The molecule has 2 aromatic heterocycles. The van der Waals surface area contributed by atoms with Crippen molar-refractivity contribution in [1.82, 2.24) is 19.6 Å². The van der Waals surface area contributed by atoms with Gasteiger partial charge in [-0.05, 0) is 19.9 Å². The van der Waals surface area contributed by atoms with Crippen LogP contribution < -0.4 is 5.32 Å². The molecule has 0 aliphatic carbocycles. The first kappa shape index (κ1) is 20.8. The fourth-order valence-corrected chi connectivity index (χ4v) is 3.30. The number of aryl methyl sites for hydroxylation is 2. The molecule has 11 heteroatoms. The van der Waals surface area contributed by atoms with Crippen LogP contribution in [0.25, 0.3) is 0 Å². The molecule has 1 aromatic carbocycles. The number of rotatable bonds is 4. The van der Waals surface area contributed by atoms with Gasteiger partial charge in [-0.3, -0.25) is 14.2 Å². The number of hydrogen-bond donors (Lipinski definition) is 1. The van der Waals surface area contributed by atoms with Gasteiger partial charge in [0.1, 0.15) is 10.8 Å². The molecular formula is C18H16ClF4N5O. The van der Waals surface area contributed by atoms with Crippen LogP contribution in [0.15, 0.2) is 24.3 Å². The van der Waals surface area contributed by atoms with Crippen LogP contribution in [-0.2, 0) is 19.8 Å². The molecule has 2 heterocycles. The summed E-state index contributed by atoms with van der Waals surface area (Å²) in [6.45, 7) is 3.39. The molecule has 0 aliphatic rings.